The number of nitrogens with one attached hydrogen (secondary N) is 1. The smallest absolute Gasteiger partial charge is 0.335 e. The maximum absolute atomic E-state index is 11.2. The van der Waals surface area contributed by atoms with Crippen LogP contribution in [0.4, 0.5) is 10.5 Å². The Bertz CT molecular complexity index is 322. The van der Waals surface area contributed by atoms with Gasteiger partial charge in [0.15, 0.2) is 0 Å². The van der Waals surface area contributed by atoms with Crippen molar-refractivity contribution in [2.45, 2.75) is 6.92 Å². The van der Waals surface area contributed by atoms with E-state index in [-0.39, 0.29) is 6.03 Å². The molecule has 82 valence electrons. The number of urea groups is 1. The van der Waals surface area contributed by atoms with E-state index in [1.807, 2.05) is 6.92 Å². The lowest BCUT2D eigenvalue weighted by Gasteiger charge is -2.11. The van der Waals surface area contributed by atoms with Crippen LogP contribution in [-0.2, 0) is 0 Å². The third kappa shape index (κ3) is 3.47. The summed E-state index contributed by atoms with van der Waals surface area (Å²) in [6, 6.07) is 6.73. The van der Waals surface area contributed by atoms with Crippen LogP contribution in [0.5, 0.6) is 5.75 Å². The molecule has 0 saturated carbocycles. The van der Waals surface area contributed by atoms with Crippen molar-refractivity contribution in [1.82, 2.24) is 5.01 Å². The van der Waals surface area contributed by atoms with E-state index in [4.69, 9.17) is 10.6 Å². The van der Waals surface area contributed by atoms with Crippen molar-refractivity contribution in [3.8, 4) is 5.75 Å². The Morgan fingerprint density at radius 3 is 2.53 bits per heavy atom. The molecule has 0 saturated heterocycles. The molecule has 0 radical (unpaired) electrons. The number of hydrazine groups is 1. The minimum atomic E-state index is -0.362. The molecule has 0 bridgehead atoms. The minimum absolute atomic E-state index is 0.362. The van der Waals surface area contributed by atoms with Gasteiger partial charge in [0, 0.05) is 12.7 Å². The van der Waals surface area contributed by atoms with Crippen LogP contribution in [0.1, 0.15) is 6.92 Å². The standard InChI is InChI=1S/C10H15N3O2/c1-3-15-9-6-4-8(5-7-9)12-10(14)13(2)11/h4-7H,3,11H2,1-2H3,(H,12,14). The van der Waals surface area contributed by atoms with Gasteiger partial charge in [-0.2, -0.15) is 0 Å². The number of nitrogens with zero attached hydrogens (tertiary/aromatic N) is 1. The maximum atomic E-state index is 11.2. The molecule has 0 aliphatic rings. The number of nitrogens with two attached hydrogens (primary N) is 1. The van der Waals surface area contributed by atoms with E-state index < -0.39 is 0 Å². The second-order valence-electron chi connectivity index (χ2n) is 3.00. The molecule has 0 aliphatic heterocycles. The quantitative estimate of drug-likeness (QED) is 0.449. The van der Waals surface area contributed by atoms with Gasteiger partial charge < -0.3 is 10.1 Å². The zero-order valence-corrected chi connectivity index (χ0v) is 8.86. The van der Waals surface area contributed by atoms with Crippen LogP contribution in [0.15, 0.2) is 24.3 Å². The van der Waals surface area contributed by atoms with E-state index in [1.165, 1.54) is 7.05 Å². The predicted octanol–water partition coefficient (Wildman–Crippen LogP) is 1.42. The fourth-order valence-corrected chi connectivity index (χ4v) is 1.01. The first kappa shape index (κ1) is 11.3. The highest BCUT2D eigenvalue weighted by molar-refractivity contribution is 5.88. The SMILES string of the molecule is CCOc1ccc(NC(=O)N(C)N)cc1. The summed E-state index contributed by atoms with van der Waals surface area (Å²) in [4.78, 5) is 11.2. The predicted molar refractivity (Wildman–Crippen MR) is 58.6 cm³/mol. The third-order valence-corrected chi connectivity index (χ3v) is 1.74. The Kier molecular flexibility index (Phi) is 3.93. The van der Waals surface area contributed by atoms with Crippen molar-refractivity contribution in [1.29, 1.82) is 0 Å². The number of carbonyl (C=O) groups excluding carboxylic acids is 1. The molecule has 15 heavy (non-hydrogen) atoms. The van der Waals surface area contributed by atoms with Crippen molar-refractivity contribution in [3.63, 3.8) is 0 Å². The molecule has 0 heterocycles. The van der Waals surface area contributed by atoms with Gasteiger partial charge in [-0.1, -0.05) is 0 Å². The number of benzene rings is 1. The normalized spacial score (nSPS) is 9.53. The molecule has 0 atom stereocenters. The fraction of sp³-hybridized carbons (Fsp3) is 0.300. The van der Waals surface area contributed by atoms with Crippen LogP contribution < -0.4 is 15.9 Å². The molecule has 5 heteroatoms. The highest BCUT2D eigenvalue weighted by Crippen LogP contribution is 2.15. The van der Waals surface area contributed by atoms with E-state index in [0.717, 1.165) is 10.8 Å². The van der Waals surface area contributed by atoms with E-state index in [9.17, 15) is 4.79 Å². The zero-order chi connectivity index (χ0) is 11.3. The van der Waals surface area contributed by atoms with Crippen LogP contribution in [0.2, 0.25) is 0 Å². The lowest BCUT2D eigenvalue weighted by Crippen LogP contribution is -2.36. The third-order valence-electron chi connectivity index (χ3n) is 1.74. The monoisotopic (exact) mass is 209 g/mol. The fourth-order valence-electron chi connectivity index (χ4n) is 1.01. The number of hydrogen-bond donors (Lipinski definition) is 2. The first-order valence-electron chi connectivity index (χ1n) is 4.65. The van der Waals surface area contributed by atoms with Gasteiger partial charge in [0.05, 0.1) is 6.61 Å². The summed E-state index contributed by atoms with van der Waals surface area (Å²) in [5.74, 6) is 6.03. The topological polar surface area (TPSA) is 67.6 Å². The molecule has 0 fully saturated rings. The van der Waals surface area contributed by atoms with Gasteiger partial charge in [-0.25, -0.2) is 10.6 Å². The summed E-state index contributed by atoms with van der Waals surface area (Å²) in [5.41, 5.74) is 0.681. The molecule has 1 aromatic carbocycles. The van der Waals surface area contributed by atoms with E-state index in [0.29, 0.717) is 12.3 Å². The Morgan fingerprint density at radius 1 is 1.47 bits per heavy atom. The molecule has 1 aromatic rings. The number of amides is 2. The Morgan fingerprint density at radius 2 is 2.07 bits per heavy atom. The number of ether oxygens (including phenoxy) is 1. The van der Waals surface area contributed by atoms with Gasteiger partial charge >= 0.3 is 6.03 Å². The highest BCUT2D eigenvalue weighted by Gasteiger charge is 2.03. The molecule has 2 amide bonds. The Balaban J connectivity index is 2.60. The van der Waals surface area contributed by atoms with Gasteiger partial charge in [0.2, 0.25) is 0 Å². The van der Waals surface area contributed by atoms with Gasteiger partial charge in [-0.3, -0.25) is 5.01 Å². The molecular weight excluding hydrogens is 194 g/mol. The molecular formula is C10H15N3O2. The highest BCUT2D eigenvalue weighted by atomic mass is 16.5. The van der Waals surface area contributed by atoms with Crippen LogP contribution in [0, 0.1) is 0 Å². The second kappa shape index (κ2) is 5.21. The molecule has 0 aromatic heterocycles. The average Bonchev–Trinajstić information content (AvgIpc) is 2.21. The van der Waals surface area contributed by atoms with Crippen molar-refractivity contribution in [2.24, 2.45) is 5.84 Å². The van der Waals surface area contributed by atoms with Gasteiger partial charge in [0.25, 0.3) is 0 Å². The van der Waals surface area contributed by atoms with E-state index >= 15 is 0 Å². The molecule has 1 rings (SSSR count). The zero-order valence-electron chi connectivity index (χ0n) is 8.86. The number of carbonyl (C=O) groups is 1. The number of rotatable bonds is 3. The molecule has 0 aliphatic carbocycles. The summed E-state index contributed by atoms with van der Waals surface area (Å²) in [7, 11) is 1.48. The Hall–Kier alpha value is -1.75. The van der Waals surface area contributed by atoms with Crippen molar-refractivity contribution >= 4 is 11.7 Å². The summed E-state index contributed by atoms with van der Waals surface area (Å²) in [5, 5.41) is 3.60. The van der Waals surface area contributed by atoms with Crippen molar-refractivity contribution < 1.29 is 9.53 Å². The van der Waals surface area contributed by atoms with Gasteiger partial charge in [0.1, 0.15) is 5.75 Å². The molecule has 0 unspecified atom stereocenters. The maximum Gasteiger partial charge on any atom is 0.335 e. The summed E-state index contributed by atoms with van der Waals surface area (Å²) in [6.45, 7) is 2.54. The first-order valence-corrected chi connectivity index (χ1v) is 4.65. The average molecular weight is 209 g/mol. The van der Waals surface area contributed by atoms with Crippen LogP contribution in [0.25, 0.3) is 0 Å². The molecule has 5 nitrogen and oxygen atoms in total. The summed E-state index contributed by atoms with van der Waals surface area (Å²) < 4.78 is 5.27. The van der Waals surface area contributed by atoms with Crippen LogP contribution in [-0.4, -0.2) is 24.7 Å². The van der Waals surface area contributed by atoms with Gasteiger partial charge in [-0.15, -0.1) is 0 Å². The van der Waals surface area contributed by atoms with Crippen molar-refractivity contribution in [2.75, 3.05) is 19.0 Å². The van der Waals surface area contributed by atoms with Crippen LogP contribution >= 0.6 is 0 Å². The Labute approximate surface area is 88.8 Å². The lowest BCUT2D eigenvalue weighted by molar-refractivity contribution is 0.223. The van der Waals surface area contributed by atoms with Crippen molar-refractivity contribution in [3.05, 3.63) is 24.3 Å². The first-order chi connectivity index (χ1) is 7.13. The minimum Gasteiger partial charge on any atom is -0.494 e. The molecule has 3 N–H and O–H groups in total. The second-order valence-corrected chi connectivity index (χ2v) is 3.00. The van der Waals surface area contributed by atoms with E-state index in [1.54, 1.807) is 24.3 Å². The largest absolute Gasteiger partial charge is 0.494 e. The summed E-state index contributed by atoms with van der Waals surface area (Å²) >= 11 is 0. The number of hydrogen-bond acceptors (Lipinski definition) is 3. The number of anilines is 1. The van der Waals surface area contributed by atoms with Crippen LogP contribution in [0.3, 0.4) is 0 Å². The summed E-state index contributed by atoms with van der Waals surface area (Å²) in [6.07, 6.45) is 0. The lowest BCUT2D eigenvalue weighted by atomic mass is 10.3. The van der Waals surface area contributed by atoms with E-state index in [2.05, 4.69) is 5.32 Å². The van der Waals surface area contributed by atoms with Gasteiger partial charge in [-0.05, 0) is 31.2 Å². The molecule has 0 spiro atoms.